The maximum atomic E-state index is 13.3. The van der Waals surface area contributed by atoms with Crippen molar-refractivity contribution >= 4 is 0 Å². The van der Waals surface area contributed by atoms with Crippen LogP contribution in [0, 0.1) is 5.82 Å². The van der Waals surface area contributed by atoms with E-state index in [2.05, 4.69) is 26.1 Å². The first kappa shape index (κ1) is 15.0. The van der Waals surface area contributed by atoms with E-state index >= 15 is 0 Å². The van der Waals surface area contributed by atoms with Gasteiger partial charge in [0.15, 0.2) is 0 Å². The highest BCUT2D eigenvalue weighted by atomic mass is 19.1. The number of nitrogens with one attached hydrogen (secondary N) is 1. The van der Waals surface area contributed by atoms with Gasteiger partial charge in [-0.25, -0.2) is 4.39 Å². The third-order valence-corrected chi connectivity index (χ3v) is 3.27. The van der Waals surface area contributed by atoms with E-state index in [0.29, 0.717) is 6.04 Å². The van der Waals surface area contributed by atoms with Crippen molar-refractivity contribution in [1.29, 1.82) is 0 Å². The number of benzene rings is 1. The Morgan fingerprint density at radius 1 is 1.33 bits per heavy atom. The summed E-state index contributed by atoms with van der Waals surface area (Å²) in [5, 5.41) is 3.54. The second-order valence-electron chi connectivity index (χ2n) is 4.67. The molecule has 0 heterocycles. The lowest BCUT2D eigenvalue weighted by atomic mass is 10.0. The summed E-state index contributed by atoms with van der Waals surface area (Å²) in [5.41, 5.74) is 0.882. The van der Waals surface area contributed by atoms with Crippen LogP contribution in [-0.4, -0.2) is 13.2 Å². The third kappa shape index (κ3) is 3.98. The fraction of sp³-hybridized carbons (Fsp3) is 0.600. The third-order valence-electron chi connectivity index (χ3n) is 3.27. The topological polar surface area (TPSA) is 21.3 Å². The van der Waals surface area contributed by atoms with Gasteiger partial charge < -0.3 is 10.1 Å². The fourth-order valence-electron chi connectivity index (χ4n) is 2.24. The monoisotopic (exact) mass is 253 g/mol. The van der Waals surface area contributed by atoms with Gasteiger partial charge in [-0.15, -0.1) is 0 Å². The van der Waals surface area contributed by atoms with Crippen molar-refractivity contribution in [3.8, 4) is 5.75 Å². The van der Waals surface area contributed by atoms with Crippen molar-refractivity contribution in [3.63, 3.8) is 0 Å². The lowest BCUT2D eigenvalue weighted by Gasteiger charge is -2.23. The molecule has 1 aromatic carbocycles. The molecule has 0 amide bonds. The first-order valence-corrected chi connectivity index (χ1v) is 6.71. The molecule has 2 atom stereocenters. The normalized spacial score (nSPS) is 14.3. The van der Waals surface area contributed by atoms with Crippen LogP contribution in [0.1, 0.15) is 51.6 Å². The highest BCUT2D eigenvalue weighted by Crippen LogP contribution is 2.26. The second kappa shape index (κ2) is 7.37. The zero-order chi connectivity index (χ0) is 13.5. The van der Waals surface area contributed by atoms with Gasteiger partial charge >= 0.3 is 0 Å². The molecule has 0 saturated heterocycles. The summed E-state index contributed by atoms with van der Waals surface area (Å²) < 4.78 is 18.6. The van der Waals surface area contributed by atoms with Gasteiger partial charge in [0.25, 0.3) is 0 Å². The summed E-state index contributed by atoms with van der Waals surface area (Å²) in [5.74, 6) is 0.519. The van der Waals surface area contributed by atoms with Crippen LogP contribution in [0.2, 0.25) is 0 Å². The Morgan fingerprint density at radius 3 is 2.61 bits per heavy atom. The van der Waals surface area contributed by atoms with Crippen LogP contribution in [0.15, 0.2) is 18.2 Å². The standard InChI is InChI=1S/C15H24FNO/c1-5-7-13(6-2)17-11(3)14-10-12(16)8-9-15(14)18-4/h8-11,13,17H,5-7H2,1-4H3. The predicted octanol–water partition coefficient (Wildman–Crippen LogP) is 4.06. The molecule has 3 heteroatoms. The predicted molar refractivity (Wildman–Crippen MR) is 73.5 cm³/mol. The van der Waals surface area contributed by atoms with Crippen LogP contribution in [0.5, 0.6) is 5.75 Å². The van der Waals surface area contributed by atoms with Crippen LogP contribution in [-0.2, 0) is 0 Å². The molecule has 0 aromatic heterocycles. The Bertz CT molecular complexity index is 368. The van der Waals surface area contributed by atoms with Crippen molar-refractivity contribution in [1.82, 2.24) is 5.32 Å². The number of halogens is 1. The Morgan fingerprint density at radius 2 is 2.06 bits per heavy atom. The van der Waals surface area contributed by atoms with Crippen molar-refractivity contribution in [2.24, 2.45) is 0 Å². The molecular formula is C15H24FNO. The van der Waals surface area contributed by atoms with Crippen molar-refractivity contribution in [3.05, 3.63) is 29.6 Å². The van der Waals surface area contributed by atoms with E-state index in [1.807, 2.05) is 0 Å². The molecule has 0 aliphatic rings. The van der Waals surface area contributed by atoms with E-state index in [0.717, 1.165) is 30.6 Å². The Balaban J connectivity index is 2.81. The molecule has 1 N–H and O–H groups in total. The highest BCUT2D eigenvalue weighted by Gasteiger charge is 2.15. The lowest BCUT2D eigenvalue weighted by molar-refractivity contribution is 0.381. The van der Waals surface area contributed by atoms with Crippen LogP contribution in [0.4, 0.5) is 4.39 Å². The minimum Gasteiger partial charge on any atom is -0.496 e. The largest absolute Gasteiger partial charge is 0.496 e. The summed E-state index contributed by atoms with van der Waals surface area (Å²) in [6.45, 7) is 6.40. The van der Waals surface area contributed by atoms with Gasteiger partial charge in [-0.05, 0) is 38.0 Å². The summed E-state index contributed by atoms with van der Waals surface area (Å²) in [6.07, 6.45) is 3.37. The first-order valence-electron chi connectivity index (χ1n) is 6.71. The van der Waals surface area contributed by atoms with Gasteiger partial charge in [0.2, 0.25) is 0 Å². The summed E-state index contributed by atoms with van der Waals surface area (Å²) in [6, 6.07) is 5.22. The molecule has 102 valence electrons. The van der Waals surface area contributed by atoms with Crippen LogP contribution >= 0.6 is 0 Å². The van der Waals surface area contributed by atoms with Gasteiger partial charge in [-0.3, -0.25) is 0 Å². The zero-order valence-electron chi connectivity index (χ0n) is 11.8. The molecule has 0 radical (unpaired) electrons. The Labute approximate surface area is 110 Å². The van der Waals surface area contributed by atoms with Gasteiger partial charge in [-0.2, -0.15) is 0 Å². The van der Waals surface area contributed by atoms with Gasteiger partial charge in [-0.1, -0.05) is 20.3 Å². The minimum absolute atomic E-state index is 0.0900. The summed E-state index contributed by atoms with van der Waals surface area (Å²) in [4.78, 5) is 0. The maximum absolute atomic E-state index is 13.3. The quantitative estimate of drug-likeness (QED) is 0.791. The maximum Gasteiger partial charge on any atom is 0.123 e. The highest BCUT2D eigenvalue weighted by molar-refractivity contribution is 5.36. The molecule has 1 rings (SSSR count). The molecule has 0 spiro atoms. The smallest absolute Gasteiger partial charge is 0.123 e. The molecule has 0 aliphatic carbocycles. The molecular weight excluding hydrogens is 229 g/mol. The Hall–Kier alpha value is -1.09. The van der Waals surface area contributed by atoms with Crippen molar-refractivity contribution in [2.75, 3.05) is 7.11 Å². The molecule has 0 bridgehead atoms. The van der Waals surface area contributed by atoms with Gasteiger partial charge in [0, 0.05) is 17.6 Å². The van der Waals surface area contributed by atoms with Gasteiger partial charge in [0.05, 0.1) is 7.11 Å². The molecule has 2 unspecified atom stereocenters. The SMILES string of the molecule is CCCC(CC)NC(C)c1cc(F)ccc1OC. The van der Waals surface area contributed by atoms with E-state index in [9.17, 15) is 4.39 Å². The second-order valence-corrected chi connectivity index (χ2v) is 4.67. The summed E-state index contributed by atoms with van der Waals surface area (Å²) in [7, 11) is 1.62. The molecule has 0 fully saturated rings. The molecule has 0 saturated carbocycles. The zero-order valence-corrected chi connectivity index (χ0v) is 11.8. The number of rotatable bonds is 7. The fourth-order valence-corrected chi connectivity index (χ4v) is 2.24. The Kier molecular flexibility index (Phi) is 6.13. The van der Waals surface area contributed by atoms with E-state index < -0.39 is 0 Å². The van der Waals surface area contributed by atoms with Crippen LogP contribution in [0.25, 0.3) is 0 Å². The van der Waals surface area contributed by atoms with Crippen molar-refractivity contribution < 1.29 is 9.13 Å². The van der Waals surface area contributed by atoms with Crippen molar-refractivity contribution in [2.45, 2.75) is 52.1 Å². The molecule has 2 nitrogen and oxygen atoms in total. The average Bonchev–Trinajstić information content (AvgIpc) is 2.38. The van der Waals surface area contributed by atoms with Gasteiger partial charge in [0.1, 0.15) is 11.6 Å². The molecule has 0 aliphatic heterocycles. The van der Waals surface area contributed by atoms with Crippen LogP contribution < -0.4 is 10.1 Å². The first-order chi connectivity index (χ1) is 8.62. The number of ether oxygens (including phenoxy) is 1. The van der Waals surface area contributed by atoms with E-state index in [1.165, 1.54) is 6.07 Å². The number of methoxy groups -OCH3 is 1. The summed E-state index contributed by atoms with van der Waals surface area (Å²) >= 11 is 0. The minimum atomic E-state index is -0.219. The average molecular weight is 253 g/mol. The molecule has 18 heavy (non-hydrogen) atoms. The van der Waals surface area contributed by atoms with Crippen LogP contribution in [0.3, 0.4) is 0 Å². The lowest BCUT2D eigenvalue weighted by Crippen LogP contribution is -2.31. The molecule has 1 aromatic rings. The number of hydrogen-bond acceptors (Lipinski definition) is 2. The van der Waals surface area contributed by atoms with E-state index in [4.69, 9.17) is 4.74 Å². The van der Waals surface area contributed by atoms with E-state index in [-0.39, 0.29) is 11.9 Å². The number of hydrogen-bond donors (Lipinski definition) is 1. The van der Waals surface area contributed by atoms with E-state index in [1.54, 1.807) is 19.2 Å².